The minimum absolute atomic E-state index is 0.621. The van der Waals surface area contributed by atoms with E-state index >= 15 is 0 Å². The van der Waals surface area contributed by atoms with Gasteiger partial charge in [-0.05, 0) is 36.4 Å². The zero-order chi connectivity index (χ0) is 9.80. The number of carbonyl (C=O) groups excluding carboxylic acids is 1. The Bertz CT molecular complexity index is 451. The van der Waals surface area contributed by atoms with Crippen LogP contribution in [0, 0.1) is 0 Å². The number of aliphatic imine (C=N–C) groups is 1. The average Bonchev–Trinajstić information content (AvgIpc) is 2.72. The lowest BCUT2D eigenvalue weighted by Gasteiger charge is -2.01. The van der Waals surface area contributed by atoms with E-state index in [1.807, 2.05) is 41.2 Å². The molecule has 0 unspecified atom stereocenters. The quantitative estimate of drug-likeness (QED) is 0.521. The zero-order valence-electron chi connectivity index (χ0n) is 7.42. The molecule has 1 aromatic heterocycles. The smallest absolute Gasteiger partial charge is 0.240 e. The molecule has 1 aromatic carbocycles. The van der Waals surface area contributed by atoms with Gasteiger partial charge in [0.2, 0.25) is 6.08 Å². The molecule has 14 heavy (non-hydrogen) atoms. The van der Waals surface area contributed by atoms with Gasteiger partial charge in [-0.2, -0.15) is 4.99 Å². The topological polar surface area (TPSA) is 34.4 Å². The second-order valence-electron chi connectivity index (χ2n) is 2.81. The molecule has 2 aromatic rings. The molecule has 0 bridgehead atoms. The van der Waals surface area contributed by atoms with E-state index in [-0.39, 0.29) is 0 Å². The lowest BCUT2D eigenvalue weighted by molar-refractivity contribution is 0.565. The molecular formula is C11H8N2O. The highest BCUT2D eigenvalue weighted by Gasteiger charge is 1.93. The van der Waals surface area contributed by atoms with Gasteiger partial charge in [0.15, 0.2) is 0 Å². The Hall–Kier alpha value is -2.12. The van der Waals surface area contributed by atoms with Crippen LogP contribution in [0.5, 0.6) is 0 Å². The molecule has 0 saturated heterocycles. The summed E-state index contributed by atoms with van der Waals surface area (Å²) in [6.07, 6.45) is 5.42. The van der Waals surface area contributed by atoms with Gasteiger partial charge in [-0.1, -0.05) is 0 Å². The van der Waals surface area contributed by atoms with E-state index in [9.17, 15) is 4.79 Å². The van der Waals surface area contributed by atoms with Crippen LogP contribution in [0.15, 0.2) is 53.8 Å². The SMILES string of the molecule is O=C=Nc1ccc(-n2cccc2)cc1. The van der Waals surface area contributed by atoms with Crippen LogP contribution in [-0.4, -0.2) is 10.6 Å². The predicted molar refractivity (Wildman–Crippen MR) is 53.6 cm³/mol. The molecule has 0 spiro atoms. The number of rotatable bonds is 2. The predicted octanol–water partition coefficient (Wildman–Crippen LogP) is 2.44. The van der Waals surface area contributed by atoms with Crippen molar-refractivity contribution < 1.29 is 4.79 Å². The van der Waals surface area contributed by atoms with Gasteiger partial charge in [0.1, 0.15) is 0 Å². The van der Waals surface area contributed by atoms with Gasteiger partial charge in [0.25, 0.3) is 0 Å². The number of isocyanates is 1. The third-order valence-electron chi connectivity index (χ3n) is 1.93. The molecule has 0 fully saturated rings. The van der Waals surface area contributed by atoms with Crippen molar-refractivity contribution in [2.75, 3.05) is 0 Å². The highest BCUT2D eigenvalue weighted by Crippen LogP contribution is 2.15. The molecular weight excluding hydrogens is 176 g/mol. The standard InChI is InChI=1S/C11H8N2O/c14-9-12-10-3-5-11(6-4-10)13-7-1-2-8-13/h1-8H. The van der Waals surface area contributed by atoms with Crippen molar-refractivity contribution in [3.8, 4) is 5.69 Å². The maximum atomic E-state index is 9.99. The van der Waals surface area contributed by atoms with Crippen LogP contribution in [0.4, 0.5) is 5.69 Å². The molecule has 2 rings (SSSR count). The van der Waals surface area contributed by atoms with Crippen LogP contribution in [0.2, 0.25) is 0 Å². The van der Waals surface area contributed by atoms with E-state index in [1.54, 1.807) is 12.1 Å². The minimum atomic E-state index is 0.621. The number of benzene rings is 1. The van der Waals surface area contributed by atoms with Gasteiger partial charge >= 0.3 is 0 Å². The largest absolute Gasteiger partial charge is 0.324 e. The maximum Gasteiger partial charge on any atom is 0.240 e. The maximum absolute atomic E-state index is 9.99. The summed E-state index contributed by atoms with van der Waals surface area (Å²) < 4.78 is 1.98. The first-order valence-corrected chi connectivity index (χ1v) is 4.21. The highest BCUT2D eigenvalue weighted by molar-refractivity contribution is 5.51. The first-order valence-electron chi connectivity index (χ1n) is 4.21. The van der Waals surface area contributed by atoms with Crippen molar-refractivity contribution >= 4 is 11.8 Å². The molecule has 1 heterocycles. The van der Waals surface area contributed by atoms with Gasteiger partial charge < -0.3 is 4.57 Å². The Kier molecular flexibility index (Phi) is 2.26. The summed E-state index contributed by atoms with van der Waals surface area (Å²) in [6, 6.07) is 11.3. The average molecular weight is 184 g/mol. The second-order valence-corrected chi connectivity index (χ2v) is 2.81. The zero-order valence-corrected chi connectivity index (χ0v) is 7.42. The van der Waals surface area contributed by atoms with E-state index in [0.29, 0.717) is 5.69 Å². The van der Waals surface area contributed by atoms with Crippen molar-refractivity contribution in [2.24, 2.45) is 4.99 Å². The van der Waals surface area contributed by atoms with Crippen LogP contribution >= 0.6 is 0 Å². The van der Waals surface area contributed by atoms with Crippen LogP contribution in [0.1, 0.15) is 0 Å². The summed E-state index contributed by atoms with van der Waals surface area (Å²) in [5.74, 6) is 0. The Morgan fingerprint density at radius 3 is 2.29 bits per heavy atom. The molecule has 3 heteroatoms. The summed E-state index contributed by atoms with van der Waals surface area (Å²) >= 11 is 0. The van der Waals surface area contributed by atoms with Crippen LogP contribution in [0.25, 0.3) is 5.69 Å². The minimum Gasteiger partial charge on any atom is -0.324 e. The van der Waals surface area contributed by atoms with E-state index in [0.717, 1.165) is 5.69 Å². The lowest BCUT2D eigenvalue weighted by atomic mass is 10.3. The summed E-state index contributed by atoms with van der Waals surface area (Å²) in [5, 5.41) is 0. The second kappa shape index (κ2) is 3.73. The third-order valence-corrected chi connectivity index (χ3v) is 1.93. The number of nitrogens with zero attached hydrogens (tertiary/aromatic N) is 2. The summed E-state index contributed by atoms with van der Waals surface area (Å²) in [6.45, 7) is 0. The first-order chi connectivity index (χ1) is 6.90. The normalized spacial score (nSPS) is 9.43. The van der Waals surface area contributed by atoms with Crippen molar-refractivity contribution in [3.63, 3.8) is 0 Å². The Morgan fingerprint density at radius 1 is 1.07 bits per heavy atom. The Balaban J connectivity index is 2.35. The van der Waals surface area contributed by atoms with Crippen molar-refractivity contribution in [3.05, 3.63) is 48.8 Å². The molecule has 0 aliphatic carbocycles. The van der Waals surface area contributed by atoms with Crippen molar-refractivity contribution in [2.45, 2.75) is 0 Å². The van der Waals surface area contributed by atoms with Crippen LogP contribution in [-0.2, 0) is 4.79 Å². The van der Waals surface area contributed by atoms with Crippen LogP contribution in [0.3, 0.4) is 0 Å². The molecule has 0 aliphatic heterocycles. The molecule has 0 amide bonds. The molecule has 0 aliphatic rings. The van der Waals surface area contributed by atoms with Crippen molar-refractivity contribution in [1.82, 2.24) is 4.57 Å². The fourth-order valence-electron chi connectivity index (χ4n) is 1.26. The van der Waals surface area contributed by atoms with Crippen molar-refractivity contribution in [1.29, 1.82) is 0 Å². The Morgan fingerprint density at radius 2 is 1.71 bits per heavy atom. The molecule has 3 nitrogen and oxygen atoms in total. The summed E-state index contributed by atoms with van der Waals surface area (Å²) in [4.78, 5) is 13.5. The molecule has 0 N–H and O–H groups in total. The number of hydrogen-bond donors (Lipinski definition) is 0. The highest BCUT2D eigenvalue weighted by atomic mass is 16.1. The summed E-state index contributed by atoms with van der Waals surface area (Å²) in [7, 11) is 0. The lowest BCUT2D eigenvalue weighted by Crippen LogP contribution is -1.87. The molecule has 0 radical (unpaired) electrons. The third kappa shape index (κ3) is 1.63. The first kappa shape index (κ1) is 8.48. The fraction of sp³-hybridized carbons (Fsp3) is 0. The van der Waals surface area contributed by atoms with E-state index in [2.05, 4.69) is 4.99 Å². The monoisotopic (exact) mass is 184 g/mol. The van der Waals surface area contributed by atoms with Gasteiger partial charge in [-0.15, -0.1) is 0 Å². The van der Waals surface area contributed by atoms with E-state index in [1.165, 1.54) is 6.08 Å². The van der Waals surface area contributed by atoms with Gasteiger partial charge in [-0.25, -0.2) is 4.79 Å². The molecule has 0 atom stereocenters. The number of hydrogen-bond acceptors (Lipinski definition) is 2. The molecule has 68 valence electrons. The molecule has 0 saturated carbocycles. The van der Waals surface area contributed by atoms with E-state index < -0.39 is 0 Å². The van der Waals surface area contributed by atoms with E-state index in [4.69, 9.17) is 0 Å². The Labute approximate surface area is 81.3 Å². The fourth-order valence-corrected chi connectivity index (χ4v) is 1.26. The summed E-state index contributed by atoms with van der Waals surface area (Å²) in [5.41, 5.74) is 1.66. The van der Waals surface area contributed by atoms with Crippen LogP contribution < -0.4 is 0 Å². The van der Waals surface area contributed by atoms with Gasteiger partial charge in [-0.3, -0.25) is 0 Å². The number of aromatic nitrogens is 1. The van der Waals surface area contributed by atoms with Gasteiger partial charge in [0, 0.05) is 18.1 Å². The van der Waals surface area contributed by atoms with Gasteiger partial charge in [0.05, 0.1) is 5.69 Å².